The van der Waals surface area contributed by atoms with Gasteiger partial charge < -0.3 is 0 Å². The highest BCUT2D eigenvalue weighted by Crippen LogP contribution is 2.51. The average Bonchev–Trinajstić information content (AvgIpc) is 3.21. The van der Waals surface area contributed by atoms with Gasteiger partial charge in [-0.25, -0.2) is 0 Å². The van der Waals surface area contributed by atoms with Crippen LogP contribution in [-0.4, -0.2) is 11.1 Å². The second-order valence-electron chi connectivity index (χ2n) is 5.08. The molecule has 1 saturated heterocycles. The Labute approximate surface area is 107 Å². The molecule has 18 heavy (non-hydrogen) atoms. The maximum Gasteiger partial charge on any atom is 0.180 e. The van der Waals surface area contributed by atoms with E-state index in [9.17, 15) is 0 Å². The van der Waals surface area contributed by atoms with Gasteiger partial charge in [-0.1, -0.05) is 54.6 Å². The predicted molar refractivity (Wildman–Crippen MR) is 69.9 cm³/mol. The van der Waals surface area contributed by atoms with Gasteiger partial charge in [0.2, 0.25) is 0 Å². The molecule has 0 aliphatic carbocycles. The fraction of sp³-hybridized carbons (Fsp3) is 0.250. The van der Waals surface area contributed by atoms with Gasteiger partial charge >= 0.3 is 0 Å². The predicted octanol–water partition coefficient (Wildman–Crippen LogP) is 3.47. The molecule has 1 unspecified atom stereocenters. The van der Waals surface area contributed by atoms with E-state index in [4.69, 9.17) is 4.84 Å². The summed E-state index contributed by atoms with van der Waals surface area (Å²) in [4.78, 5) is 5.70. The molecule has 0 bridgehead atoms. The van der Waals surface area contributed by atoms with Crippen molar-refractivity contribution in [1.29, 1.82) is 0 Å². The standard InChI is InChI=1S/C16H15NO/c1-11-15(12-7-3-2-4-8-12)13-9-5-6-10-14(13)16-17(11)18-16/h2-11,15-16H,1H3/t11-,15+,16-,17?/m1/s1. The number of hydroxylamine groups is 2. The van der Waals surface area contributed by atoms with E-state index in [0.717, 1.165) is 0 Å². The molecular weight excluding hydrogens is 222 g/mol. The Morgan fingerprint density at radius 3 is 2.33 bits per heavy atom. The van der Waals surface area contributed by atoms with Gasteiger partial charge in [0.1, 0.15) is 0 Å². The Kier molecular flexibility index (Phi) is 2.10. The second kappa shape index (κ2) is 3.67. The SMILES string of the molecule is C[C@@H]1[C@@H](c2ccccc2)c2ccccc2[C@H]2ON21. The summed E-state index contributed by atoms with van der Waals surface area (Å²) in [5.41, 5.74) is 4.10. The third-order valence-corrected chi connectivity index (χ3v) is 4.05. The minimum atomic E-state index is 0.191. The number of benzene rings is 2. The van der Waals surface area contributed by atoms with E-state index in [-0.39, 0.29) is 6.23 Å². The summed E-state index contributed by atoms with van der Waals surface area (Å²) < 4.78 is 0. The Hall–Kier alpha value is -1.64. The topological polar surface area (TPSA) is 15.5 Å². The molecule has 0 spiro atoms. The molecule has 2 aromatic carbocycles. The van der Waals surface area contributed by atoms with Crippen molar-refractivity contribution in [2.24, 2.45) is 0 Å². The fourth-order valence-corrected chi connectivity index (χ4v) is 3.14. The lowest BCUT2D eigenvalue weighted by molar-refractivity contribution is 0.146. The minimum Gasteiger partial charge on any atom is -0.270 e. The summed E-state index contributed by atoms with van der Waals surface area (Å²) in [6.45, 7) is 2.24. The molecule has 2 aromatic rings. The zero-order valence-corrected chi connectivity index (χ0v) is 10.3. The van der Waals surface area contributed by atoms with E-state index < -0.39 is 0 Å². The van der Waals surface area contributed by atoms with Crippen LogP contribution in [0.1, 0.15) is 35.8 Å². The zero-order valence-electron chi connectivity index (χ0n) is 10.3. The Bertz CT molecular complexity index is 581. The van der Waals surface area contributed by atoms with Gasteiger partial charge in [-0.05, 0) is 18.1 Å². The van der Waals surface area contributed by atoms with Crippen LogP contribution in [0.15, 0.2) is 54.6 Å². The van der Waals surface area contributed by atoms with Gasteiger partial charge in [-0.3, -0.25) is 4.84 Å². The van der Waals surface area contributed by atoms with Crippen LogP contribution in [0.5, 0.6) is 0 Å². The van der Waals surface area contributed by atoms with Crippen LogP contribution in [0, 0.1) is 0 Å². The molecule has 2 nitrogen and oxygen atoms in total. The van der Waals surface area contributed by atoms with Crippen LogP contribution < -0.4 is 0 Å². The fourth-order valence-electron chi connectivity index (χ4n) is 3.14. The lowest BCUT2D eigenvalue weighted by Crippen LogP contribution is -2.29. The largest absolute Gasteiger partial charge is 0.270 e. The van der Waals surface area contributed by atoms with Crippen LogP contribution in [0.25, 0.3) is 0 Å². The summed E-state index contributed by atoms with van der Waals surface area (Å²) in [6, 6.07) is 19.7. The molecule has 4 atom stereocenters. The van der Waals surface area contributed by atoms with Crippen LogP contribution in [0.2, 0.25) is 0 Å². The maximum absolute atomic E-state index is 5.70. The first-order valence-corrected chi connectivity index (χ1v) is 6.45. The number of hydrogen-bond donors (Lipinski definition) is 0. The van der Waals surface area contributed by atoms with Crippen LogP contribution in [0.4, 0.5) is 0 Å². The highest BCUT2D eigenvalue weighted by Gasteiger charge is 2.50. The van der Waals surface area contributed by atoms with Gasteiger partial charge in [-0.2, -0.15) is 0 Å². The van der Waals surface area contributed by atoms with E-state index in [0.29, 0.717) is 12.0 Å². The van der Waals surface area contributed by atoms with E-state index in [1.165, 1.54) is 16.7 Å². The van der Waals surface area contributed by atoms with Gasteiger partial charge in [0, 0.05) is 17.5 Å². The van der Waals surface area contributed by atoms with Crippen molar-refractivity contribution in [2.45, 2.75) is 25.1 Å². The lowest BCUT2D eigenvalue weighted by Gasteiger charge is -2.29. The zero-order chi connectivity index (χ0) is 12.1. The third-order valence-electron chi connectivity index (χ3n) is 4.05. The normalized spacial score (nSPS) is 32.5. The molecule has 4 rings (SSSR count). The van der Waals surface area contributed by atoms with Crippen molar-refractivity contribution in [3.05, 3.63) is 71.3 Å². The summed E-state index contributed by atoms with van der Waals surface area (Å²) in [6.07, 6.45) is 0.191. The van der Waals surface area contributed by atoms with E-state index in [2.05, 4.69) is 66.6 Å². The van der Waals surface area contributed by atoms with Crippen molar-refractivity contribution in [2.75, 3.05) is 0 Å². The van der Waals surface area contributed by atoms with Crippen molar-refractivity contribution < 1.29 is 4.84 Å². The molecule has 2 heteroatoms. The van der Waals surface area contributed by atoms with E-state index >= 15 is 0 Å². The Balaban J connectivity index is 1.88. The maximum atomic E-state index is 5.70. The van der Waals surface area contributed by atoms with Crippen molar-refractivity contribution in [3.8, 4) is 0 Å². The number of rotatable bonds is 1. The van der Waals surface area contributed by atoms with Gasteiger partial charge in [0.15, 0.2) is 6.23 Å². The Morgan fingerprint density at radius 2 is 1.56 bits per heavy atom. The first kappa shape index (κ1) is 10.3. The molecule has 0 aromatic heterocycles. The average molecular weight is 237 g/mol. The summed E-state index contributed by atoms with van der Waals surface area (Å²) >= 11 is 0. The smallest absolute Gasteiger partial charge is 0.180 e. The molecule has 2 heterocycles. The first-order valence-electron chi connectivity index (χ1n) is 6.45. The molecule has 0 amide bonds. The van der Waals surface area contributed by atoms with Crippen LogP contribution >= 0.6 is 0 Å². The number of hydrogen-bond acceptors (Lipinski definition) is 2. The highest BCUT2D eigenvalue weighted by atomic mass is 16.8. The van der Waals surface area contributed by atoms with E-state index in [1.54, 1.807) is 0 Å². The molecule has 0 radical (unpaired) electrons. The van der Waals surface area contributed by atoms with Crippen LogP contribution in [-0.2, 0) is 4.84 Å². The quantitative estimate of drug-likeness (QED) is 0.706. The molecular formula is C16H15NO. The molecule has 2 aliphatic rings. The molecule has 1 fully saturated rings. The number of fused-ring (bicyclic) bond motifs is 3. The lowest BCUT2D eigenvalue weighted by atomic mass is 9.81. The first-order chi connectivity index (χ1) is 8.86. The summed E-state index contributed by atoms with van der Waals surface area (Å²) in [5, 5.41) is 2.11. The number of nitrogens with zero attached hydrogens (tertiary/aromatic N) is 1. The minimum absolute atomic E-state index is 0.191. The van der Waals surface area contributed by atoms with Crippen LogP contribution in [0.3, 0.4) is 0 Å². The van der Waals surface area contributed by atoms with Crippen molar-refractivity contribution >= 4 is 0 Å². The third kappa shape index (κ3) is 1.36. The van der Waals surface area contributed by atoms with Gasteiger partial charge in [0.25, 0.3) is 0 Å². The monoisotopic (exact) mass is 237 g/mol. The molecule has 0 saturated carbocycles. The van der Waals surface area contributed by atoms with E-state index in [1.807, 2.05) is 0 Å². The van der Waals surface area contributed by atoms with Crippen molar-refractivity contribution in [3.63, 3.8) is 0 Å². The molecule has 90 valence electrons. The van der Waals surface area contributed by atoms with Gasteiger partial charge in [0.05, 0.1) is 0 Å². The Morgan fingerprint density at radius 1 is 0.889 bits per heavy atom. The van der Waals surface area contributed by atoms with Gasteiger partial charge in [-0.15, -0.1) is 5.06 Å². The highest BCUT2D eigenvalue weighted by molar-refractivity contribution is 5.43. The molecule has 0 N–H and O–H groups in total. The second-order valence-corrected chi connectivity index (χ2v) is 5.08. The summed E-state index contributed by atoms with van der Waals surface area (Å²) in [7, 11) is 0. The summed E-state index contributed by atoms with van der Waals surface area (Å²) in [5.74, 6) is 0.404. The van der Waals surface area contributed by atoms with Crippen molar-refractivity contribution in [1.82, 2.24) is 5.06 Å². The molecule has 2 aliphatic heterocycles.